The van der Waals surface area contributed by atoms with Crippen molar-refractivity contribution in [3.63, 3.8) is 0 Å². The van der Waals surface area contributed by atoms with Crippen molar-refractivity contribution in [1.82, 2.24) is 4.57 Å². The number of aliphatic carboxylic acids is 1. The van der Waals surface area contributed by atoms with Gasteiger partial charge in [-0.05, 0) is 36.2 Å². The second-order valence-electron chi connectivity index (χ2n) is 4.56. The molecule has 0 aliphatic heterocycles. The fourth-order valence-electron chi connectivity index (χ4n) is 1.92. The van der Waals surface area contributed by atoms with Crippen LogP contribution in [0.2, 0.25) is 0 Å². The van der Waals surface area contributed by atoms with Crippen LogP contribution >= 0.6 is 11.3 Å². The monoisotopic (exact) mass is 307 g/mol. The molecule has 1 aromatic heterocycles. The largest absolute Gasteiger partial charge is 0.494 e. The quantitative estimate of drug-likeness (QED) is 0.854. The maximum Gasteiger partial charge on any atom is 0.307 e. The van der Waals surface area contributed by atoms with Gasteiger partial charge in [0.2, 0.25) is 0 Å². The topological polar surface area (TPSA) is 68.5 Å². The molecule has 0 saturated carbocycles. The molecule has 112 valence electrons. The first-order chi connectivity index (χ1) is 10.1. The van der Waals surface area contributed by atoms with Gasteiger partial charge in [-0.25, -0.2) is 0 Å². The van der Waals surface area contributed by atoms with Gasteiger partial charge in [0.25, 0.3) is 0 Å². The Kier molecular flexibility index (Phi) is 5.16. The lowest BCUT2D eigenvalue weighted by Crippen LogP contribution is -2.16. The summed E-state index contributed by atoms with van der Waals surface area (Å²) in [4.78, 5) is 22.3. The minimum atomic E-state index is -0.914. The average Bonchev–Trinajstić information content (AvgIpc) is 2.84. The number of rotatable bonds is 7. The summed E-state index contributed by atoms with van der Waals surface area (Å²) in [6.45, 7) is 2.89. The Bertz CT molecular complexity index is 657. The number of ether oxygens (including phenoxy) is 1. The molecule has 0 fully saturated rings. The van der Waals surface area contributed by atoms with Crippen LogP contribution in [0.3, 0.4) is 0 Å². The number of carboxylic acid groups (broad SMARTS) is 1. The molecular weight excluding hydrogens is 290 g/mol. The van der Waals surface area contributed by atoms with Crippen molar-refractivity contribution in [1.29, 1.82) is 0 Å². The van der Waals surface area contributed by atoms with Crippen LogP contribution in [0.5, 0.6) is 5.75 Å². The van der Waals surface area contributed by atoms with E-state index >= 15 is 0 Å². The number of carbonyl (C=O) groups is 1. The lowest BCUT2D eigenvalue weighted by Gasteiger charge is -2.08. The first-order valence-corrected chi connectivity index (χ1v) is 7.63. The van der Waals surface area contributed by atoms with Gasteiger partial charge in [-0.3, -0.25) is 14.2 Å². The standard InChI is InChI=1S/C15H17NO4S/c1-2-9-20-12-5-3-11(4-6-12)13-10-21-15(19)16(13)8-7-14(17)18/h3-6,10H,2,7-9H2,1H3,(H,17,18). The molecule has 0 aliphatic carbocycles. The van der Waals surface area contributed by atoms with Crippen LogP contribution in [0.25, 0.3) is 11.3 Å². The van der Waals surface area contributed by atoms with E-state index in [1.165, 1.54) is 4.57 Å². The van der Waals surface area contributed by atoms with E-state index in [2.05, 4.69) is 0 Å². The number of aromatic nitrogens is 1. The first-order valence-electron chi connectivity index (χ1n) is 6.75. The van der Waals surface area contributed by atoms with Gasteiger partial charge in [0.15, 0.2) is 0 Å². The van der Waals surface area contributed by atoms with Gasteiger partial charge in [0.1, 0.15) is 5.75 Å². The summed E-state index contributed by atoms with van der Waals surface area (Å²) in [7, 11) is 0. The fraction of sp³-hybridized carbons (Fsp3) is 0.333. The maximum absolute atomic E-state index is 11.8. The molecule has 0 radical (unpaired) electrons. The van der Waals surface area contributed by atoms with Crippen LogP contribution in [0, 0.1) is 0 Å². The van der Waals surface area contributed by atoms with Crippen molar-refractivity contribution in [3.8, 4) is 17.0 Å². The maximum atomic E-state index is 11.8. The van der Waals surface area contributed by atoms with Crippen molar-refractivity contribution < 1.29 is 14.6 Å². The Morgan fingerprint density at radius 1 is 1.33 bits per heavy atom. The molecule has 0 bridgehead atoms. The highest BCUT2D eigenvalue weighted by atomic mass is 32.1. The van der Waals surface area contributed by atoms with Gasteiger partial charge in [0.05, 0.1) is 18.7 Å². The molecule has 0 aliphatic rings. The molecule has 2 aromatic rings. The Hall–Kier alpha value is -2.08. The Morgan fingerprint density at radius 3 is 2.67 bits per heavy atom. The minimum absolute atomic E-state index is 0.0681. The van der Waals surface area contributed by atoms with E-state index in [0.717, 1.165) is 34.8 Å². The highest BCUT2D eigenvalue weighted by Gasteiger charge is 2.10. The molecule has 0 amide bonds. The molecule has 1 N–H and O–H groups in total. The molecule has 0 unspecified atom stereocenters. The molecule has 0 spiro atoms. The SMILES string of the molecule is CCCOc1ccc(-c2csc(=O)n2CCC(=O)O)cc1. The third-order valence-electron chi connectivity index (χ3n) is 2.95. The third kappa shape index (κ3) is 3.95. The van der Waals surface area contributed by atoms with Gasteiger partial charge in [-0.2, -0.15) is 0 Å². The lowest BCUT2D eigenvalue weighted by atomic mass is 10.1. The van der Waals surface area contributed by atoms with Crippen molar-refractivity contribution in [2.45, 2.75) is 26.3 Å². The molecule has 5 nitrogen and oxygen atoms in total. The Morgan fingerprint density at radius 2 is 2.05 bits per heavy atom. The number of benzene rings is 1. The van der Waals surface area contributed by atoms with Gasteiger partial charge in [0, 0.05) is 11.9 Å². The van der Waals surface area contributed by atoms with E-state index in [1.807, 2.05) is 31.2 Å². The van der Waals surface area contributed by atoms with E-state index in [4.69, 9.17) is 9.84 Å². The molecule has 0 saturated heterocycles. The predicted molar refractivity (Wildman–Crippen MR) is 82.1 cm³/mol. The molecule has 1 aromatic carbocycles. The van der Waals surface area contributed by atoms with Crippen LogP contribution in [0.15, 0.2) is 34.4 Å². The molecule has 0 atom stereocenters. The molecule has 2 rings (SSSR count). The van der Waals surface area contributed by atoms with E-state index in [-0.39, 0.29) is 17.8 Å². The van der Waals surface area contributed by atoms with E-state index in [9.17, 15) is 9.59 Å². The van der Waals surface area contributed by atoms with Gasteiger partial charge in [-0.15, -0.1) is 0 Å². The second kappa shape index (κ2) is 7.08. The van der Waals surface area contributed by atoms with Crippen LogP contribution < -0.4 is 9.61 Å². The van der Waals surface area contributed by atoms with Crippen LogP contribution in [-0.4, -0.2) is 22.2 Å². The molecule has 6 heteroatoms. The predicted octanol–water partition coefficient (Wildman–Crippen LogP) is 2.84. The summed E-state index contributed by atoms with van der Waals surface area (Å²) < 4.78 is 7.02. The van der Waals surface area contributed by atoms with Crippen molar-refractivity contribution >= 4 is 17.3 Å². The second-order valence-corrected chi connectivity index (χ2v) is 5.38. The van der Waals surface area contributed by atoms with Gasteiger partial charge in [-0.1, -0.05) is 18.3 Å². The minimum Gasteiger partial charge on any atom is -0.494 e. The van der Waals surface area contributed by atoms with Crippen molar-refractivity contribution in [2.75, 3.05) is 6.61 Å². The van der Waals surface area contributed by atoms with Crippen LogP contribution in [-0.2, 0) is 11.3 Å². The molecule has 21 heavy (non-hydrogen) atoms. The van der Waals surface area contributed by atoms with E-state index in [0.29, 0.717) is 6.61 Å². The van der Waals surface area contributed by atoms with Crippen LogP contribution in [0.4, 0.5) is 0 Å². The summed E-state index contributed by atoms with van der Waals surface area (Å²) in [6, 6.07) is 7.47. The highest BCUT2D eigenvalue weighted by molar-refractivity contribution is 7.07. The fourth-order valence-corrected chi connectivity index (χ4v) is 2.71. The summed E-state index contributed by atoms with van der Waals surface area (Å²) >= 11 is 1.08. The summed E-state index contributed by atoms with van der Waals surface area (Å²) in [5, 5.41) is 10.5. The number of hydrogen-bond acceptors (Lipinski definition) is 4. The summed E-state index contributed by atoms with van der Waals surface area (Å²) in [5.41, 5.74) is 1.62. The Balaban J connectivity index is 2.21. The number of thiazole rings is 1. The first kappa shape index (κ1) is 15.3. The van der Waals surface area contributed by atoms with E-state index < -0.39 is 5.97 Å². The Labute approximate surface area is 126 Å². The zero-order valence-electron chi connectivity index (χ0n) is 11.7. The summed E-state index contributed by atoms with van der Waals surface area (Å²) in [6.07, 6.45) is 0.877. The van der Waals surface area contributed by atoms with Crippen LogP contribution in [0.1, 0.15) is 19.8 Å². The molecule has 1 heterocycles. The van der Waals surface area contributed by atoms with Gasteiger partial charge >= 0.3 is 10.8 Å². The lowest BCUT2D eigenvalue weighted by molar-refractivity contribution is -0.137. The van der Waals surface area contributed by atoms with Crippen molar-refractivity contribution in [3.05, 3.63) is 39.3 Å². The zero-order chi connectivity index (χ0) is 15.2. The normalized spacial score (nSPS) is 10.5. The highest BCUT2D eigenvalue weighted by Crippen LogP contribution is 2.23. The smallest absolute Gasteiger partial charge is 0.307 e. The number of hydrogen-bond donors (Lipinski definition) is 1. The van der Waals surface area contributed by atoms with Crippen molar-refractivity contribution in [2.24, 2.45) is 0 Å². The third-order valence-corrected chi connectivity index (χ3v) is 3.72. The van der Waals surface area contributed by atoms with E-state index in [1.54, 1.807) is 5.38 Å². The molecular formula is C15H17NO4S. The average molecular weight is 307 g/mol. The zero-order valence-corrected chi connectivity index (χ0v) is 12.6. The van der Waals surface area contributed by atoms with Gasteiger partial charge < -0.3 is 9.84 Å². The summed E-state index contributed by atoms with van der Waals surface area (Å²) in [5.74, 6) is -0.127. The number of carboxylic acids is 1. The number of nitrogens with zero attached hydrogens (tertiary/aromatic N) is 1.